The second-order valence-corrected chi connectivity index (χ2v) is 6.73. The minimum atomic E-state index is 0.396. The highest BCUT2D eigenvalue weighted by Gasteiger charge is 2.28. The Bertz CT molecular complexity index is 410. The third-order valence-electron chi connectivity index (χ3n) is 3.96. The molecule has 2 rings (SSSR count). The van der Waals surface area contributed by atoms with Gasteiger partial charge in [-0.2, -0.15) is 11.8 Å². The number of benzene rings is 1. The predicted octanol–water partition coefficient (Wildman–Crippen LogP) is 3.17. The van der Waals surface area contributed by atoms with E-state index in [9.17, 15) is 0 Å². The molecule has 3 nitrogen and oxygen atoms in total. The SMILES string of the molecule is CCCOc1ccc(C(NCC)C2CSCCN2C)cc1. The van der Waals surface area contributed by atoms with E-state index in [-0.39, 0.29) is 0 Å². The first-order valence-corrected chi connectivity index (χ1v) is 9.15. The topological polar surface area (TPSA) is 24.5 Å². The molecule has 0 saturated carbocycles. The van der Waals surface area contributed by atoms with Gasteiger partial charge < -0.3 is 10.1 Å². The second kappa shape index (κ2) is 8.66. The summed E-state index contributed by atoms with van der Waals surface area (Å²) in [6.07, 6.45) is 1.05. The molecule has 2 atom stereocenters. The summed E-state index contributed by atoms with van der Waals surface area (Å²) in [5, 5.41) is 3.67. The summed E-state index contributed by atoms with van der Waals surface area (Å²) in [7, 11) is 2.24. The Hall–Kier alpha value is -0.710. The number of rotatable bonds is 7. The largest absolute Gasteiger partial charge is 0.494 e. The zero-order valence-corrected chi connectivity index (χ0v) is 14.3. The zero-order valence-electron chi connectivity index (χ0n) is 13.5. The molecular weight excluding hydrogens is 280 g/mol. The molecule has 2 unspecified atom stereocenters. The molecule has 0 radical (unpaired) electrons. The van der Waals surface area contributed by atoms with Crippen molar-refractivity contribution in [2.24, 2.45) is 0 Å². The van der Waals surface area contributed by atoms with Crippen molar-refractivity contribution < 1.29 is 4.74 Å². The molecule has 1 saturated heterocycles. The van der Waals surface area contributed by atoms with E-state index in [1.165, 1.54) is 23.6 Å². The summed E-state index contributed by atoms with van der Waals surface area (Å²) in [5.41, 5.74) is 1.36. The third-order valence-corrected chi connectivity index (χ3v) is 5.01. The van der Waals surface area contributed by atoms with Crippen LogP contribution in [0.2, 0.25) is 0 Å². The molecule has 0 amide bonds. The van der Waals surface area contributed by atoms with Crippen molar-refractivity contribution in [3.8, 4) is 5.75 Å². The van der Waals surface area contributed by atoms with Crippen molar-refractivity contribution >= 4 is 11.8 Å². The maximum absolute atomic E-state index is 5.68. The van der Waals surface area contributed by atoms with Crippen LogP contribution in [0.4, 0.5) is 0 Å². The summed E-state index contributed by atoms with van der Waals surface area (Å²) in [6.45, 7) is 7.27. The van der Waals surface area contributed by atoms with Gasteiger partial charge in [-0.25, -0.2) is 0 Å². The normalized spacial score (nSPS) is 21.2. The van der Waals surface area contributed by atoms with Crippen molar-refractivity contribution in [1.82, 2.24) is 10.2 Å². The molecule has 1 heterocycles. The highest BCUT2D eigenvalue weighted by atomic mass is 32.2. The summed E-state index contributed by atoms with van der Waals surface area (Å²) in [6, 6.07) is 9.59. The fourth-order valence-corrected chi connectivity index (χ4v) is 4.02. The lowest BCUT2D eigenvalue weighted by Crippen LogP contribution is -2.47. The predicted molar refractivity (Wildman–Crippen MR) is 92.4 cm³/mol. The first-order chi connectivity index (χ1) is 10.3. The number of nitrogens with one attached hydrogen (secondary N) is 1. The van der Waals surface area contributed by atoms with E-state index >= 15 is 0 Å². The van der Waals surface area contributed by atoms with Crippen molar-refractivity contribution in [3.05, 3.63) is 29.8 Å². The Morgan fingerprint density at radius 3 is 2.71 bits per heavy atom. The Kier molecular flexibility index (Phi) is 6.87. The lowest BCUT2D eigenvalue weighted by molar-refractivity contribution is 0.217. The summed E-state index contributed by atoms with van der Waals surface area (Å²) in [5.74, 6) is 3.42. The van der Waals surface area contributed by atoms with E-state index in [1.807, 2.05) is 0 Å². The van der Waals surface area contributed by atoms with E-state index in [1.54, 1.807) is 0 Å². The van der Waals surface area contributed by atoms with Gasteiger partial charge in [0.2, 0.25) is 0 Å². The van der Waals surface area contributed by atoms with Gasteiger partial charge >= 0.3 is 0 Å². The number of hydrogen-bond acceptors (Lipinski definition) is 4. The molecule has 1 fully saturated rings. The van der Waals surface area contributed by atoms with Gasteiger partial charge in [0, 0.05) is 30.1 Å². The number of ether oxygens (including phenoxy) is 1. The molecule has 21 heavy (non-hydrogen) atoms. The molecule has 0 aliphatic carbocycles. The Balaban J connectivity index is 2.09. The van der Waals surface area contributed by atoms with Crippen LogP contribution >= 0.6 is 11.8 Å². The average Bonchev–Trinajstić information content (AvgIpc) is 2.52. The van der Waals surface area contributed by atoms with Crippen LogP contribution in [-0.2, 0) is 0 Å². The van der Waals surface area contributed by atoms with Crippen molar-refractivity contribution in [2.45, 2.75) is 32.4 Å². The van der Waals surface area contributed by atoms with Crippen molar-refractivity contribution in [1.29, 1.82) is 0 Å². The average molecular weight is 308 g/mol. The fraction of sp³-hybridized carbons (Fsp3) is 0.647. The fourth-order valence-electron chi connectivity index (χ4n) is 2.74. The van der Waals surface area contributed by atoms with E-state index in [0.717, 1.165) is 25.3 Å². The second-order valence-electron chi connectivity index (χ2n) is 5.58. The van der Waals surface area contributed by atoms with Crippen LogP contribution in [0, 0.1) is 0 Å². The molecule has 0 bridgehead atoms. The molecule has 0 spiro atoms. The van der Waals surface area contributed by atoms with E-state index < -0.39 is 0 Å². The van der Waals surface area contributed by atoms with Gasteiger partial charge in [0.15, 0.2) is 0 Å². The molecule has 1 aromatic rings. The summed E-state index contributed by atoms with van der Waals surface area (Å²) < 4.78 is 5.68. The van der Waals surface area contributed by atoms with Crippen LogP contribution in [0.1, 0.15) is 31.9 Å². The lowest BCUT2D eigenvalue weighted by atomic mass is 9.99. The van der Waals surface area contributed by atoms with Crippen LogP contribution in [0.5, 0.6) is 5.75 Å². The van der Waals surface area contributed by atoms with Gasteiger partial charge in [-0.05, 0) is 37.7 Å². The van der Waals surface area contributed by atoms with Gasteiger partial charge in [-0.3, -0.25) is 4.90 Å². The molecule has 1 N–H and O–H groups in total. The van der Waals surface area contributed by atoms with Gasteiger partial charge in [0.05, 0.1) is 6.61 Å². The highest BCUT2D eigenvalue weighted by molar-refractivity contribution is 7.99. The van der Waals surface area contributed by atoms with Gasteiger partial charge in [-0.1, -0.05) is 26.0 Å². The Morgan fingerprint density at radius 2 is 2.10 bits per heavy atom. The number of nitrogens with zero attached hydrogens (tertiary/aromatic N) is 1. The zero-order chi connectivity index (χ0) is 15.1. The van der Waals surface area contributed by atoms with Crippen molar-refractivity contribution in [3.63, 3.8) is 0 Å². The first kappa shape index (κ1) is 16.7. The van der Waals surface area contributed by atoms with Crippen LogP contribution in [0.25, 0.3) is 0 Å². The molecule has 0 aromatic heterocycles. The third kappa shape index (κ3) is 4.63. The van der Waals surface area contributed by atoms with E-state index in [4.69, 9.17) is 4.74 Å². The maximum Gasteiger partial charge on any atom is 0.119 e. The molecule has 1 aliphatic rings. The minimum Gasteiger partial charge on any atom is -0.494 e. The Labute approximate surface area is 133 Å². The smallest absolute Gasteiger partial charge is 0.119 e. The highest BCUT2D eigenvalue weighted by Crippen LogP contribution is 2.28. The standard InChI is InChI=1S/C17H28N2OS/c1-4-11-20-15-8-6-14(7-9-15)17(18-5-2)16-13-21-12-10-19(16)3/h6-9,16-18H,4-5,10-13H2,1-3H3. The molecule has 1 aliphatic heterocycles. The first-order valence-electron chi connectivity index (χ1n) is 8.00. The van der Waals surface area contributed by atoms with Crippen LogP contribution in [-0.4, -0.2) is 49.2 Å². The van der Waals surface area contributed by atoms with Gasteiger partial charge in [0.1, 0.15) is 5.75 Å². The molecule has 1 aromatic carbocycles. The molecule has 118 valence electrons. The van der Waals surface area contributed by atoms with Crippen LogP contribution < -0.4 is 10.1 Å². The van der Waals surface area contributed by atoms with Crippen LogP contribution in [0.3, 0.4) is 0 Å². The van der Waals surface area contributed by atoms with Crippen LogP contribution in [0.15, 0.2) is 24.3 Å². The monoisotopic (exact) mass is 308 g/mol. The quantitative estimate of drug-likeness (QED) is 0.836. The van der Waals surface area contributed by atoms with Gasteiger partial charge in [-0.15, -0.1) is 0 Å². The minimum absolute atomic E-state index is 0.396. The maximum atomic E-state index is 5.68. The Morgan fingerprint density at radius 1 is 1.33 bits per heavy atom. The van der Waals surface area contributed by atoms with Gasteiger partial charge in [0.25, 0.3) is 0 Å². The van der Waals surface area contributed by atoms with E-state index in [0.29, 0.717) is 12.1 Å². The summed E-state index contributed by atoms with van der Waals surface area (Å²) >= 11 is 2.06. The number of thioether (sulfide) groups is 1. The number of likely N-dealkylation sites (N-methyl/N-ethyl adjacent to an activating group) is 2. The molecular formula is C17H28N2OS. The van der Waals surface area contributed by atoms with E-state index in [2.05, 4.69) is 67.1 Å². The van der Waals surface area contributed by atoms with Crippen molar-refractivity contribution in [2.75, 3.05) is 38.2 Å². The summed E-state index contributed by atoms with van der Waals surface area (Å²) in [4.78, 5) is 2.49. The molecule has 4 heteroatoms. The lowest BCUT2D eigenvalue weighted by Gasteiger charge is -2.38. The number of hydrogen-bond donors (Lipinski definition) is 1.